The van der Waals surface area contributed by atoms with Gasteiger partial charge in [-0.1, -0.05) is 24.6 Å². The van der Waals surface area contributed by atoms with Crippen LogP contribution in [-0.2, 0) is 15.0 Å². The summed E-state index contributed by atoms with van der Waals surface area (Å²) in [6.45, 7) is 5.75. The molecule has 1 aromatic carbocycles. The van der Waals surface area contributed by atoms with Gasteiger partial charge in [-0.2, -0.15) is 0 Å². The summed E-state index contributed by atoms with van der Waals surface area (Å²) in [4.78, 5) is 34.0. The van der Waals surface area contributed by atoms with Crippen molar-refractivity contribution in [2.45, 2.75) is 75.3 Å². The first-order valence-electron chi connectivity index (χ1n) is 13.3. The molecule has 3 saturated heterocycles. The van der Waals surface area contributed by atoms with Crippen LogP contribution in [0.5, 0.6) is 0 Å². The number of fused-ring (bicyclic) bond motifs is 2. The maximum atomic E-state index is 14.0. The van der Waals surface area contributed by atoms with E-state index in [9.17, 15) is 9.59 Å². The quantitative estimate of drug-likeness (QED) is 0.769. The number of amides is 2. The molecule has 178 valence electrons. The van der Waals surface area contributed by atoms with Gasteiger partial charge in [0.05, 0.1) is 5.41 Å². The maximum absolute atomic E-state index is 14.0. The highest BCUT2D eigenvalue weighted by molar-refractivity contribution is 6.09. The molecule has 1 spiro atoms. The van der Waals surface area contributed by atoms with Crippen LogP contribution in [0.2, 0.25) is 0 Å². The number of rotatable bonds is 3. The Bertz CT molecular complexity index is 891. The van der Waals surface area contributed by atoms with Crippen molar-refractivity contribution >= 4 is 17.5 Å². The Hall–Kier alpha value is -1.92. The van der Waals surface area contributed by atoms with E-state index in [2.05, 4.69) is 44.3 Å². The molecular weight excluding hydrogens is 412 g/mol. The van der Waals surface area contributed by atoms with E-state index in [1.807, 2.05) is 0 Å². The average molecular weight is 451 g/mol. The van der Waals surface area contributed by atoms with Gasteiger partial charge in [-0.3, -0.25) is 9.59 Å². The number of hydrogen-bond acceptors (Lipinski definition) is 4. The summed E-state index contributed by atoms with van der Waals surface area (Å²) in [6.07, 6.45) is 9.63. The summed E-state index contributed by atoms with van der Waals surface area (Å²) >= 11 is 0. The lowest BCUT2D eigenvalue weighted by Gasteiger charge is -2.48. The maximum Gasteiger partial charge on any atom is 0.238 e. The molecule has 6 heteroatoms. The molecule has 0 aromatic heterocycles. The third-order valence-corrected chi connectivity index (χ3v) is 9.28. The second-order valence-corrected chi connectivity index (χ2v) is 11.0. The summed E-state index contributed by atoms with van der Waals surface area (Å²) in [6, 6.07) is 9.48. The van der Waals surface area contributed by atoms with Gasteiger partial charge in [-0.25, -0.2) is 0 Å². The normalized spacial score (nSPS) is 30.4. The van der Waals surface area contributed by atoms with Gasteiger partial charge in [0, 0.05) is 36.8 Å². The van der Waals surface area contributed by atoms with E-state index in [4.69, 9.17) is 0 Å². The van der Waals surface area contributed by atoms with Crippen molar-refractivity contribution in [3.8, 4) is 0 Å². The largest absolute Gasteiger partial charge is 0.342 e. The third kappa shape index (κ3) is 3.61. The minimum atomic E-state index is -0.433. The van der Waals surface area contributed by atoms with Crippen LogP contribution in [0, 0.1) is 5.92 Å². The monoisotopic (exact) mass is 450 g/mol. The molecule has 4 heterocycles. The molecule has 0 radical (unpaired) electrons. The van der Waals surface area contributed by atoms with Crippen LogP contribution in [0.15, 0.2) is 24.3 Å². The SMILES string of the molecule is O=C(C1CCNCC1)N1CCC2(CC1)C(=O)N(C1CC(N3CCCCC3)C1)c1ccccc12. The number of benzene rings is 1. The van der Waals surface area contributed by atoms with Crippen LogP contribution in [0.4, 0.5) is 5.69 Å². The van der Waals surface area contributed by atoms with E-state index in [0.29, 0.717) is 37.0 Å². The first-order chi connectivity index (χ1) is 16.2. The van der Waals surface area contributed by atoms with Gasteiger partial charge < -0.3 is 20.0 Å². The Labute approximate surface area is 197 Å². The van der Waals surface area contributed by atoms with Crippen molar-refractivity contribution in [3.63, 3.8) is 0 Å². The van der Waals surface area contributed by atoms with Crippen LogP contribution < -0.4 is 10.2 Å². The Balaban J connectivity index is 1.16. The van der Waals surface area contributed by atoms with Crippen LogP contribution in [0.25, 0.3) is 0 Å². The van der Waals surface area contributed by atoms with Crippen molar-refractivity contribution in [1.82, 2.24) is 15.1 Å². The summed E-state index contributed by atoms with van der Waals surface area (Å²) in [5.41, 5.74) is 1.92. The molecular formula is C27H38N4O2. The van der Waals surface area contributed by atoms with Gasteiger partial charge in [-0.05, 0) is 89.2 Å². The van der Waals surface area contributed by atoms with Gasteiger partial charge >= 0.3 is 0 Å². The number of para-hydroxylation sites is 1. The van der Waals surface area contributed by atoms with E-state index >= 15 is 0 Å². The standard InChI is InChI=1S/C27H38N4O2/c32-25(20-8-12-28-13-9-20)30-16-10-27(11-17-30)23-6-2-3-7-24(23)31(26(27)33)22-18-21(19-22)29-14-4-1-5-15-29/h2-3,6-7,20-22,28H,1,4-5,8-19H2. The Morgan fingerprint density at radius 1 is 0.909 bits per heavy atom. The van der Waals surface area contributed by atoms with E-state index in [-0.39, 0.29) is 5.92 Å². The topological polar surface area (TPSA) is 55.9 Å². The van der Waals surface area contributed by atoms with E-state index in [0.717, 1.165) is 57.3 Å². The molecule has 6 nitrogen and oxygen atoms in total. The number of anilines is 1. The van der Waals surface area contributed by atoms with Gasteiger partial charge in [-0.15, -0.1) is 0 Å². The lowest BCUT2D eigenvalue weighted by atomic mass is 9.73. The fourth-order valence-corrected chi connectivity index (χ4v) is 7.18. The number of nitrogens with zero attached hydrogens (tertiary/aromatic N) is 3. The highest BCUT2D eigenvalue weighted by Gasteiger charge is 2.55. The number of piperidine rings is 3. The second-order valence-electron chi connectivity index (χ2n) is 11.0. The fraction of sp³-hybridized carbons (Fsp3) is 0.704. The number of hydrogen-bond donors (Lipinski definition) is 1. The predicted octanol–water partition coefficient (Wildman–Crippen LogP) is 2.91. The van der Waals surface area contributed by atoms with Crippen LogP contribution in [0.1, 0.15) is 63.4 Å². The highest BCUT2D eigenvalue weighted by Crippen LogP contribution is 2.51. The molecule has 5 aliphatic rings. The molecule has 4 fully saturated rings. The molecule has 4 aliphatic heterocycles. The Morgan fingerprint density at radius 2 is 1.61 bits per heavy atom. The zero-order chi connectivity index (χ0) is 22.4. The van der Waals surface area contributed by atoms with Crippen molar-refractivity contribution < 1.29 is 9.59 Å². The summed E-state index contributed by atoms with van der Waals surface area (Å²) in [5.74, 6) is 0.773. The van der Waals surface area contributed by atoms with Crippen molar-refractivity contribution in [2.75, 3.05) is 44.2 Å². The van der Waals surface area contributed by atoms with Crippen molar-refractivity contribution in [3.05, 3.63) is 29.8 Å². The second kappa shape index (κ2) is 8.70. The molecule has 2 amide bonds. The average Bonchev–Trinajstić information content (AvgIpc) is 3.08. The van der Waals surface area contributed by atoms with Crippen LogP contribution in [-0.4, -0.2) is 73.0 Å². The number of carbonyl (C=O) groups excluding carboxylic acids is 2. The smallest absolute Gasteiger partial charge is 0.238 e. The summed E-state index contributed by atoms with van der Waals surface area (Å²) in [7, 11) is 0. The lowest BCUT2D eigenvalue weighted by molar-refractivity contribution is -0.140. The van der Waals surface area contributed by atoms with Crippen molar-refractivity contribution in [1.29, 1.82) is 0 Å². The highest BCUT2D eigenvalue weighted by atomic mass is 16.2. The molecule has 1 N–H and O–H groups in total. The van der Waals surface area contributed by atoms with Crippen molar-refractivity contribution in [2.24, 2.45) is 5.92 Å². The molecule has 1 saturated carbocycles. The molecule has 33 heavy (non-hydrogen) atoms. The molecule has 0 bridgehead atoms. The third-order valence-electron chi connectivity index (χ3n) is 9.28. The number of carbonyl (C=O) groups is 2. The molecule has 1 aromatic rings. The van der Waals surface area contributed by atoms with Crippen LogP contribution in [0.3, 0.4) is 0 Å². The minimum absolute atomic E-state index is 0.157. The summed E-state index contributed by atoms with van der Waals surface area (Å²) < 4.78 is 0. The van der Waals surface area contributed by atoms with E-state index in [1.54, 1.807) is 0 Å². The van der Waals surface area contributed by atoms with Gasteiger partial charge in [0.1, 0.15) is 0 Å². The molecule has 0 unspecified atom stereocenters. The molecule has 6 rings (SSSR count). The first kappa shape index (κ1) is 21.6. The predicted molar refractivity (Wildman–Crippen MR) is 129 cm³/mol. The number of nitrogens with one attached hydrogen (secondary N) is 1. The van der Waals surface area contributed by atoms with Gasteiger partial charge in [0.25, 0.3) is 0 Å². The summed E-state index contributed by atoms with van der Waals surface area (Å²) in [5, 5.41) is 3.36. The lowest BCUT2D eigenvalue weighted by Crippen LogP contribution is -2.58. The first-order valence-corrected chi connectivity index (χ1v) is 13.3. The Kier molecular flexibility index (Phi) is 5.69. The zero-order valence-corrected chi connectivity index (χ0v) is 19.8. The van der Waals surface area contributed by atoms with Gasteiger partial charge in [0.2, 0.25) is 11.8 Å². The zero-order valence-electron chi connectivity index (χ0n) is 19.8. The van der Waals surface area contributed by atoms with Gasteiger partial charge in [0.15, 0.2) is 0 Å². The minimum Gasteiger partial charge on any atom is -0.342 e. The van der Waals surface area contributed by atoms with E-state index < -0.39 is 5.41 Å². The molecule has 1 aliphatic carbocycles. The van der Waals surface area contributed by atoms with Crippen LogP contribution >= 0.6 is 0 Å². The van der Waals surface area contributed by atoms with E-state index in [1.165, 1.54) is 37.9 Å². The number of likely N-dealkylation sites (tertiary alicyclic amines) is 2. The Morgan fingerprint density at radius 3 is 2.33 bits per heavy atom. The fourth-order valence-electron chi connectivity index (χ4n) is 7.18. The molecule has 0 atom stereocenters.